The molecule has 3 N–H and O–H groups in total. The van der Waals surface area contributed by atoms with Gasteiger partial charge >= 0.3 is 0 Å². The third kappa shape index (κ3) is 4.49. The van der Waals surface area contributed by atoms with E-state index in [1.807, 2.05) is 29.6 Å². The molecule has 12 heteroatoms. The fraction of sp³-hybridized carbons (Fsp3) is 0.348. The van der Waals surface area contributed by atoms with E-state index in [0.717, 1.165) is 29.0 Å². The van der Waals surface area contributed by atoms with Crippen LogP contribution in [0.3, 0.4) is 0 Å². The Bertz CT molecular complexity index is 1300. The Labute approximate surface area is 205 Å². The highest BCUT2D eigenvalue weighted by Crippen LogP contribution is 2.38. The highest BCUT2D eigenvalue weighted by molar-refractivity contribution is 7.13. The number of thiophene rings is 1. The lowest BCUT2D eigenvalue weighted by Crippen LogP contribution is -2.46. The number of benzene rings is 1. The summed E-state index contributed by atoms with van der Waals surface area (Å²) in [4.78, 5) is 13.8. The largest absolute Gasteiger partial charge is 0.497 e. The second-order valence-electron chi connectivity index (χ2n) is 8.19. The number of likely N-dealkylation sites (N-methyl/N-ethyl adjacent to an activating group) is 1. The molecule has 182 valence electrons. The van der Waals surface area contributed by atoms with Crippen LogP contribution in [0.4, 0.5) is 0 Å². The van der Waals surface area contributed by atoms with Crippen molar-refractivity contribution < 1.29 is 14.3 Å². The van der Waals surface area contributed by atoms with Crippen LogP contribution >= 0.6 is 11.3 Å². The number of H-pyrrole nitrogens is 1. The van der Waals surface area contributed by atoms with E-state index in [2.05, 4.69) is 36.4 Å². The standard InChI is InChI=1S/C23H26N8O3S/c1-24-23(32)19(13-6-7-13)26-21(15-12-25-27-20(15)18-5-4-10-35-18)22-28-29-30-31(22)16-9-8-14(33-2)11-17(16)34-3/h4-5,8-13,19,21,26H,6-7H2,1-3H3,(H,24,32)(H,25,27)/t19-,21?/m0/s1. The zero-order valence-corrected chi connectivity index (χ0v) is 20.4. The average Bonchev–Trinajstić information content (AvgIpc) is 3.28. The molecule has 0 radical (unpaired) electrons. The summed E-state index contributed by atoms with van der Waals surface area (Å²) in [6, 6.07) is 8.49. The molecule has 0 bridgehead atoms. The van der Waals surface area contributed by atoms with E-state index >= 15 is 0 Å². The predicted molar refractivity (Wildman–Crippen MR) is 130 cm³/mol. The molecule has 1 amide bonds. The molecule has 35 heavy (non-hydrogen) atoms. The van der Waals surface area contributed by atoms with Gasteiger partial charge in [0.2, 0.25) is 5.91 Å². The maximum atomic E-state index is 12.8. The number of rotatable bonds is 10. The summed E-state index contributed by atoms with van der Waals surface area (Å²) < 4.78 is 12.6. The summed E-state index contributed by atoms with van der Waals surface area (Å²) in [5, 5.41) is 28.4. The highest BCUT2D eigenvalue weighted by atomic mass is 32.1. The van der Waals surface area contributed by atoms with Crippen molar-refractivity contribution in [2.45, 2.75) is 24.9 Å². The summed E-state index contributed by atoms with van der Waals surface area (Å²) in [6.07, 6.45) is 3.72. The van der Waals surface area contributed by atoms with Crippen LogP contribution < -0.4 is 20.1 Å². The summed E-state index contributed by atoms with van der Waals surface area (Å²) in [7, 11) is 4.83. The maximum Gasteiger partial charge on any atom is 0.237 e. The van der Waals surface area contributed by atoms with Crippen LogP contribution in [-0.4, -0.2) is 63.6 Å². The number of ether oxygens (including phenoxy) is 2. The number of nitrogens with one attached hydrogen (secondary N) is 3. The van der Waals surface area contributed by atoms with Gasteiger partial charge in [0.15, 0.2) is 5.82 Å². The highest BCUT2D eigenvalue weighted by Gasteiger charge is 2.39. The monoisotopic (exact) mass is 494 g/mol. The number of carbonyl (C=O) groups is 1. The Balaban J connectivity index is 1.63. The van der Waals surface area contributed by atoms with Gasteiger partial charge in [0.1, 0.15) is 17.2 Å². The van der Waals surface area contributed by atoms with Crippen molar-refractivity contribution in [2.75, 3.05) is 21.3 Å². The fourth-order valence-corrected chi connectivity index (χ4v) is 4.87. The van der Waals surface area contributed by atoms with E-state index in [-0.39, 0.29) is 11.8 Å². The van der Waals surface area contributed by atoms with Crippen LogP contribution in [0.25, 0.3) is 16.3 Å². The van der Waals surface area contributed by atoms with Crippen molar-refractivity contribution >= 4 is 17.2 Å². The number of nitrogens with zero attached hydrogens (tertiary/aromatic N) is 5. The second kappa shape index (κ2) is 9.84. The lowest BCUT2D eigenvalue weighted by Gasteiger charge is -2.24. The van der Waals surface area contributed by atoms with Crippen molar-refractivity contribution in [3.05, 3.63) is 53.3 Å². The lowest BCUT2D eigenvalue weighted by molar-refractivity contribution is -0.123. The SMILES string of the molecule is CNC(=O)[C@@H](NC(c1cn[nH]c1-c1cccs1)c1nnnn1-c1ccc(OC)cc1OC)C1CC1. The van der Waals surface area contributed by atoms with E-state index in [4.69, 9.17) is 9.47 Å². The molecule has 4 aromatic rings. The maximum absolute atomic E-state index is 12.8. The van der Waals surface area contributed by atoms with Crippen LogP contribution in [0.5, 0.6) is 11.5 Å². The topological polar surface area (TPSA) is 132 Å². The number of aromatic nitrogens is 6. The quantitative estimate of drug-likeness (QED) is 0.306. The van der Waals surface area contributed by atoms with Crippen LogP contribution in [0, 0.1) is 5.92 Å². The van der Waals surface area contributed by atoms with Gasteiger partial charge in [-0.15, -0.1) is 16.4 Å². The Morgan fingerprint density at radius 1 is 1.26 bits per heavy atom. The number of tetrazole rings is 1. The van der Waals surface area contributed by atoms with Crippen molar-refractivity contribution in [3.63, 3.8) is 0 Å². The number of carbonyl (C=O) groups excluding carboxylic acids is 1. The molecule has 1 aromatic carbocycles. The first-order valence-corrected chi connectivity index (χ1v) is 12.1. The van der Waals surface area contributed by atoms with Crippen LogP contribution in [-0.2, 0) is 4.79 Å². The van der Waals surface area contributed by atoms with Crippen molar-refractivity contribution in [2.24, 2.45) is 5.92 Å². The number of amides is 1. The van der Waals surface area contributed by atoms with E-state index in [1.54, 1.807) is 49.5 Å². The zero-order valence-electron chi connectivity index (χ0n) is 19.6. The van der Waals surface area contributed by atoms with Crippen LogP contribution in [0.1, 0.15) is 30.3 Å². The van der Waals surface area contributed by atoms with Gasteiger partial charge in [0.25, 0.3) is 0 Å². The summed E-state index contributed by atoms with van der Waals surface area (Å²) in [5.41, 5.74) is 2.33. The van der Waals surface area contributed by atoms with Gasteiger partial charge in [0.05, 0.1) is 43.1 Å². The van der Waals surface area contributed by atoms with Gasteiger partial charge in [-0.3, -0.25) is 15.2 Å². The number of hydrogen-bond acceptors (Lipinski definition) is 9. The fourth-order valence-electron chi connectivity index (χ4n) is 4.13. The molecule has 1 fully saturated rings. The molecule has 0 saturated heterocycles. The first-order chi connectivity index (χ1) is 17.1. The Kier molecular flexibility index (Phi) is 6.47. The van der Waals surface area contributed by atoms with E-state index in [9.17, 15) is 4.79 Å². The van der Waals surface area contributed by atoms with Crippen LogP contribution in [0.15, 0.2) is 41.9 Å². The van der Waals surface area contributed by atoms with Gasteiger partial charge in [0, 0.05) is 18.7 Å². The first-order valence-electron chi connectivity index (χ1n) is 11.2. The molecule has 11 nitrogen and oxygen atoms in total. The number of methoxy groups -OCH3 is 2. The minimum absolute atomic E-state index is 0.0697. The number of aromatic amines is 1. The van der Waals surface area contributed by atoms with Gasteiger partial charge in [-0.2, -0.15) is 9.78 Å². The molecule has 0 spiro atoms. The smallest absolute Gasteiger partial charge is 0.237 e. The first kappa shape index (κ1) is 23.0. The van der Waals surface area contributed by atoms with Gasteiger partial charge < -0.3 is 14.8 Å². The van der Waals surface area contributed by atoms with Crippen LogP contribution in [0.2, 0.25) is 0 Å². The van der Waals surface area contributed by atoms with Crippen molar-refractivity contribution in [1.29, 1.82) is 0 Å². The molecule has 1 aliphatic rings. The van der Waals surface area contributed by atoms with E-state index in [1.165, 1.54) is 0 Å². The summed E-state index contributed by atoms with van der Waals surface area (Å²) in [5.74, 6) is 1.88. The second-order valence-corrected chi connectivity index (χ2v) is 9.14. The Morgan fingerprint density at radius 3 is 2.80 bits per heavy atom. The third-order valence-electron chi connectivity index (χ3n) is 6.08. The predicted octanol–water partition coefficient (Wildman–Crippen LogP) is 2.33. The molecule has 1 saturated carbocycles. The molecule has 1 aliphatic carbocycles. The van der Waals surface area contributed by atoms with Gasteiger partial charge in [-0.25, -0.2) is 0 Å². The van der Waals surface area contributed by atoms with E-state index < -0.39 is 12.1 Å². The molecule has 3 aromatic heterocycles. The van der Waals surface area contributed by atoms with Crippen molar-refractivity contribution in [1.82, 2.24) is 41.0 Å². The van der Waals surface area contributed by atoms with Crippen molar-refractivity contribution in [3.8, 4) is 27.8 Å². The summed E-state index contributed by atoms with van der Waals surface area (Å²) in [6.45, 7) is 0. The zero-order chi connectivity index (χ0) is 24.4. The minimum atomic E-state index is -0.532. The minimum Gasteiger partial charge on any atom is -0.497 e. The third-order valence-corrected chi connectivity index (χ3v) is 6.97. The molecule has 5 rings (SSSR count). The average molecular weight is 495 g/mol. The van der Waals surface area contributed by atoms with E-state index in [0.29, 0.717) is 23.0 Å². The van der Waals surface area contributed by atoms with Gasteiger partial charge in [-0.05, 0) is 52.8 Å². The molecule has 0 aliphatic heterocycles. The Morgan fingerprint density at radius 2 is 2.11 bits per heavy atom. The lowest BCUT2D eigenvalue weighted by atomic mass is 10.0. The Hall–Kier alpha value is -3.77. The molecule has 2 atom stereocenters. The summed E-state index contributed by atoms with van der Waals surface area (Å²) >= 11 is 1.60. The normalized spacial score (nSPS) is 14.9. The molecule has 1 unspecified atom stereocenters. The number of hydrogen-bond donors (Lipinski definition) is 3. The molecular formula is C23H26N8O3S. The molecular weight excluding hydrogens is 468 g/mol. The molecule has 3 heterocycles. The van der Waals surface area contributed by atoms with Gasteiger partial charge in [-0.1, -0.05) is 6.07 Å².